The highest BCUT2D eigenvalue weighted by molar-refractivity contribution is 6.01. The number of aromatic nitrogens is 3. The first kappa shape index (κ1) is 16.6. The molecule has 4 aromatic rings. The second kappa shape index (κ2) is 5.96. The number of rotatable bonds is 1. The lowest BCUT2D eigenvalue weighted by Gasteiger charge is -2.11. The van der Waals surface area contributed by atoms with Crippen molar-refractivity contribution in [2.75, 3.05) is 0 Å². The van der Waals surface area contributed by atoms with Gasteiger partial charge in [0.15, 0.2) is 0 Å². The summed E-state index contributed by atoms with van der Waals surface area (Å²) in [6.07, 6.45) is 4.98. The van der Waals surface area contributed by atoms with Gasteiger partial charge in [0.25, 0.3) is 5.56 Å². The lowest BCUT2D eigenvalue weighted by Crippen LogP contribution is -2.37. The predicted molar refractivity (Wildman–Crippen MR) is 112 cm³/mol. The molecule has 0 fully saturated rings. The number of hydrogen-bond donors (Lipinski definition) is 0. The van der Waals surface area contributed by atoms with Gasteiger partial charge >= 0.3 is 5.69 Å². The topological polar surface area (TPSA) is 48.9 Å². The summed E-state index contributed by atoms with van der Waals surface area (Å²) >= 11 is 0. The molecule has 0 amide bonds. The van der Waals surface area contributed by atoms with Crippen molar-refractivity contribution < 1.29 is 0 Å². The van der Waals surface area contributed by atoms with E-state index in [9.17, 15) is 9.59 Å². The number of nitrogens with zero attached hydrogens (tertiary/aromatic N) is 3. The Balaban J connectivity index is 2.10. The molecule has 28 heavy (non-hydrogen) atoms. The summed E-state index contributed by atoms with van der Waals surface area (Å²) < 4.78 is 4.77. The van der Waals surface area contributed by atoms with Gasteiger partial charge in [0, 0.05) is 25.3 Å². The number of benzene rings is 2. The van der Waals surface area contributed by atoms with Gasteiger partial charge in [-0.2, -0.15) is 0 Å². The summed E-state index contributed by atoms with van der Waals surface area (Å²) in [5, 5.41) is 0.572. The SMILES string of the molecule is Cn1c(=O)c2c3c(n(-c4ccccc4)c2n(C)c1=O)C=CCc1ccccc1-3. The highest BCUT2D eigenvalue weighted by Crippen LogP contribution is 2.39. The van der Waals surface area contributed by atoms with Crippen LogP contribution in [0.5, 0.6) is 0 Å². The van der Waals surface area contributed by atoms with E-state index in [0.717, 1.165) is 28.9 Å². The van der Waals surface area contributed by atoms with E-state index < -0.39 is 0 Å². The first-order chi connectivity index (χ1) is 13.6. The maximum atomic E-state index is 13.3. The largest absolute Gasteiger partial charge is 0.332 e. The van der Waals surface area contributed by atoms with Gasteiger partial charge < -0.3 is 0 Å². The van der Waals surface area contributed by atoms with Crippen molar-refractivity contribution in [1.82, 2.24) is 13.7 Å². The Bertz CT molecular complexity index is 1390. The van der Waals surface area contributed by atoms with E-state index in [0.29, 0.717) is 11.0 Å². The molecule has 138 valence electrons. The van der Waals surface area contributed by atoms with Crippen LogP contribution in [-0.2, 0) is 20.5 Å². The molecule has 0 radical (unpaired) electrons. The number of allylic oxidation sites excluding steroid dienone is 1. The smallest absolute Gasteiger partial charge is 0.295 e. The summed E-state index contributed by atoms with van der Waals surface area (Å²) in [5.41, 5.74) is 4.95. The lowest BCUT2D eigenvalue weighted by atomic mass is 9.98. The summed E-state index contributed by atoms with van der Waals surface area (Å²) in [7, 11) is 3.26. The lowest BCUT2D eigenvalue weighted by molar-refractivity contribution is 0.704. The molecule has 1 aliphatic rings. The van der Waals surface area contributed by atoms with Gasteiger partial charge in [-0.25, -0.2) is 4.79 Å². The maximum absolute atomic E-state index is 13.3. The fourth-order valence-electron chi connectivity index (χ4n) is 4.18. The van der Waals surface area contributed by atoms with Crippen LogP contribution in [0.25, 0.3) is 33.9 Å². The summed E-state index contributed by atoms with van der Waals surface area (Å²) in [4.78, 5) is 26.0. The van der Waals surface area contributed by atoms with Gasteiger partial charge in [0.2, 0.25) is 0 Å². The van der Waals surface area contributed by atoms with Crippen LogP contribution >= 0.6 is 0 Å². The molecule has 2 aromatic heterocycles. The Labute approximate surface area is 161 Å². The second-order valence-electron chi connectivity index (χ2n) is 7.10. The normalized spacial score (nSPS) is 12.6. The van der Waals surface area contributed by atoms with Crippen LogP contribution in [0, 0.1) is 0 Å². The highest BCUT2D eigenvalue weighted by Gasteiger charge is 2.26. The number of hydrogen-bond acceptors (Lipinski definition) is 2. The Morgan fingerprint density at radius 3 is 2.36 bits per heavy atom. The van der Waals surface area contributed by atoms with Crippen LogP contribution < -0.4 is 11.2 Å². The zero-order valence-electron chi connectivity index (χ0n) is 15.7. The van der Waals surface area contributed by atoms with Crippen LogP contribution in [0.2, 0.25) is 0 Å². The van der Waals surface area contributed by atoms with Gasteiger partial charge in [-0.05, 0) is 35.8 Å². The minimum Gasteiger partial charge on any atom is -0.295 e. The average molecular weight is 369 g/mol. The Hall–Kier alpha value is -3.60. The number of para-hydroxylation sites is 1. The van der Waals surface area contributed by atoms with E-state index in [1.165, 1.54) is 17.2 Å². The molecule has 2 aromatic carbocycles. The molecule has 0 aliphatic heterocycles. The molecule has 1 aliphatic carbocycles. The molecule has 0 unspecified atom stereocenters. The van der Waals surface area contributed by atoms with Crippen LogP contribution in [-0.4, -0.2) is 13.7 Å². The van der Waals surface area contributed by atoms with Crippen molar-refractivity contribution in [1.29, 1.82) is 0 Å². The molecule has 5 heteroatoms. The monoisotopic (exact) mass is 369 g/mol. The molecular formula is C23H19N3O2. The van der Waals surface area contributed by atoms with Gasteiger partial charge in [-0.15, -0.1) is 0 Å². The molecule has 0 N–H and O–H groups in total. The zero-order valence-corrected chi connectivity index (χ0v) is 15.7. The van der Waals surface area contributed by atoms with E-state index in [1.807, 2.05) is 47.0 Å². The quantitative estimate of drug-likeness (QED) is 0.517. The van der Waals surface area contributed by atoms with Crippen molar-refractivity contribution in [3.8, 4) is 16.8 Å². The van der Waals surface area contributed by atoms with Gasteiger partial charge in [-0.1, -0.05) is 48.5 Å². The number of fused-ring (bicyclic) bond motifs is 5. The van der Waals surface area contributed by atoms with E-state index in [4.69, 9.17) is 0 Å². The van der Waals surface area contributed by atoms with Crippen molar-refractivity contribution in [3.05, 3.63) is 92.8 Å². The molecule has 0 spiro atoms. The molecule has 5 nitrogen and oxygen atoms in total. The fourth-order valence-corrected chi connectivity index (χ4v) is 4.18. The van der Waals surface area contributed by atoms with Crippen LogP contribution in [0.3, 0.4) is 0 Å². The van der Waals surface area contributed by atoms with E-state index in [2.05, 4.69) is 24.3 Å². The average Bonchev–Trinajstić information content (AvgIpc) is 2.95. The molecule has 0 saturated heterocycles. The minimum atomic E-state index is -0.334. The van der Waals surface area contributed by atoms with Crippen molar-refractivity contribution >= 4 is 17.1 Å². The van der Waals surface area contributed by atoms with E-state index in [1.54, 1.807) is 11.6 Å². The van der Waals surface area contributed by atoms with Gasteiger partial charge in [-0.3, -0.25) is 18.5 Å². The molecule has 0 saturated carbocycles. The minimum absolute atomic E-state index is 0.269. The predicted octanol–water partition coefficient (Wildman–Crippen LogP) is 3.26. The van der Waals surface area contributed by atoms with E-state index >= 15 is 0 Å². The Morgan fingerprint density at radius 1 is 0.857 bits per heavy atom. The van der Waals surface area contributed by atoms with Crippen LogP contribution in [0.4, 0.5) is 0 Å². The standard InChI is InChI=1S/C23H19N3O2/c1-24-21-20(22(27)25(2)23(24)28)19-17-13-7-6-9-15(17)10-8-14-18(19)26(21)16-11-4-3-5-12-16/h3-9,11-14H,10H2,1-2H3. The van der Waals surface area contributed by atoms with E-state index in [-0.39, 0.29) is 11.2 Å². The molecule has 0 bridgehead atoms. The summed E-state index contributed by atoms with van der Waals surface area (Å²) in [5.74, 6) is 0. The third kappa shape index (κ3) is 2.13. The van der Waals surface area contributed by atoms with Gasteiger partial charge in [0.05, 0.1) is 11.1 Å². The van der Waals surface area contributed by atoms with Crippen LogP contribution in [0.15, 0.2) is 70.3 Å². The third-order valence-electron chi connectivity index (χ3n) is 5.51. The Morgan fingerprint density at radius 2 is 1.57 bits per heavy atom. The molecule has 5 rings (SSSR count). The second-order valence-corrected chi connectivity index (χ2v) is 7.10. The molecular weight excluding hydrogens is 350 g/mol. The first-order valence-corrected chi connectivity index (χ1v) is 9.24. The highest BCUT2D eigenvalue weighted by atomic mass is 16.2. The number of aryl methyl sites for hydroxylation is 1. The summed E-state index contributed by atoms with van der Waals surface area (Å²) in [6, 6.07) is 18.0. The molecule has 2 heterocycles. The van der Waals surface area contributed by atoms with Crippen LogP contribution in [0.1, 0.15) is 11.3 Å². The maximum Gasteiger partial charge on any atom is 0.332 e. The Kier molecular flexibility index (Phi) is 3.52. The third-order valence-corrected chi connectivity index (χ3v) is 5.51. The summed E-state index contributed by atoms with van der Waals surface area (Å²) in [6.45, 7) is 0. The van der Waals surface area contributed by atoms with Gasteiger partial charge in [0.1, 0.15) is 5.65 Å². The van der Waals surface area contributed by atoms with Crippen molar-refractivity contribution in [2.24, 2.45) is 14.1 Å². The zero-order chi connectivity index (χ0) is 19.4. The van der Waals surface area contributed by atoms with Crippen molar-refractivity contribution in [2.45, 2.75) is 6.42 Å². The fraction of sp³-hybridized carbons (Fsp3) is 0.130. The first-order valence-electron chi connectivity index (χ1n) is 9.24. The van der Waals surface area contributed by atoms with Crippen molar-refractivity contribution in [3.63, 3.8) is 0 Å². The molecule has 0 atom stereocenters.